The van der Waals surface area contributed by atoms with Crippen LogP contribution >= 0.6 is 0 Å². The standard InChI is InChI=1S/C27H30N6O3/c1-16(25(28)34)14-33-15-21-20(18-4-5-19-13-29-32(3)23(19)12-18)6-7-22(24(21)27(33)36)30-26(35)17-8-10-31(2)11-9-17/h4-7,12-13,17H,1,8-11,14-15H2,2-3H3,(H2,28,34)(H,30,35). The minimum atomic E-state index is -0.642. The zero-order valence-corrected chi connectivity index (χ0v) is 20.6. The number of nitrogens with one attached hydrogen (secondary N) is 1. The fourth-order valence-electron chi connectivity index (χ4n) is 5.10. The highest BCUT2D eigenvalue weighted by Gasteiger charge is 2.34. The summed E-state index contributed by atoms with van der Waals surface area (Å²) in [5.41, 5.74) is 10.1. The Morgan fingerprint density at radius 2 is 1.92 bits per heavy atom. The molecule has 186 valence electrons. The van der Waals surface area contributed by atoms with E-state index < -0.39 is 5.91 Å². The molecule has 1 aromatic heterocycles. The Hall–Kier alpha value is -3.98. The molecule has 3 heterocycles. The number of rotatable bonds is 6. The summed E-state index contributed by atoms with van der Waals surface area (Å²) in [6.07, 6.45) is 3.38. The van der Waals surface area contributed by atoms with Crippen LogP contribution in [0.25, 0.3) is 22.0 Å². The number of carbonyl (C=O) groups excluding carboxylic acids is 3. The molecule has 3 amide bonds. The molecule has 3 N–H and O–H groups in total. The molecule has 1 saturated heterocycles. The van der Waals surface area contributed by atoms with Gasteiger partial charge in [-0.2, -0.15) is 5.10 Å². The van der Waals surface area contributed by atoms with Gasteiger partial charge < -0.3 is 20.9 Å². The lowest BCUT2D eigenvalue weighted by Gasteiger charge is -2.28. The second-order valence-corrected chi connectivity index (χ2v) is 9.75. The van der Waals surface area contributed by atoms with Crippen LogP contribution in [-0.4, -0.2) is 64.0 Å². The number of hydrogen-bond donors (Lipinski definition) is 2. The van der Waals surface area contributed by atoms with E-state index in [1.54, 1.807) is 11.0 Å². The number of anilines is 1. The molecule has 5 rings (SSSR count). The molecule has 1 fully saturated rings. The third-order valence-electron chi connectivity index (χ3n) is 7.30. The summed E-state index contributed by atoms with van der Waals surface area (Å²) in [5, 5.41) is 8.38. The maximum Gasteiger partial charge on any atom is 0.256 e. The predicted molar refractivity (Wildman–Crippen MR) is 138 cm³/mol. The van der Waals surface area contributed by atoms with Crippen LogP contribution in [0, 0.1) is 5.92 Å². The van der Waals surface area contributed by atoms with Crippen LogP contribution in [0.15, 0.2) is 48.7 Å². The first-order valence-electron chi connectivity index (χ1n) is 12.1. The molecule has 9 nitrogen and oxygen atoms in total. The van der Waals surface area contributed by atoms with Gasteiger partial charge in [0.15, 0.2) is 0 Å². The van der Waals surface area contributed by atoms with Gasteiger partial charge in [-0.1, -0.05) is 24.8 Å². The highest BCUT2D eigenvalue weighted by molar-refractivity contribution is 6.09. The molecule has 0 aliphatic carbocycles. The van der Waals surface area contributed by atoms with E-state index in [0.29, 0.717) is 11.3 Å². The average Bonchev–Trinajstić information content (AvgIpc) is 3.39. The van der Waals surface area contributed by atoms with Gasteiger partial charge in [0.1, 0.15) is 0 Å². The van der Waals surface area contributed by atoms with E-state index in [1.165, 1.54) is 0 Å². The van der Waals surface area contributed by atoms with E-state index in [4.69, 9.17) is 5.73 Å². The number of hydrogen-bond acceptors (Lipinski definition) is 5. The van der Waals surface area contributed by atoms with Crippen molar-refractivity contribution in [2.45, 2.75) is 19.4 Å². The number of piperidine rings is 1. The zero-order valence-electron chi connectivity index (χ0n) is 20.6. The van der Waals surface area contributed by atoms with Crippen molar-refractivity contribution in [3.63, 3.8) is 0 Å². The fourth-order valence-corrected chi connectivity index (χ4v) is 5.10. The SMILES string of the molecule is C=C(CN1Cc2c(-c3ccc4cnn(C)c4c3)ccc(NC(=O)C3CCN(C)CC3)c2C1=O)C(N)=O. The third-order valence-corrected chi connectivity index (χ3v) is 7.30. The number of nitrogens with zero attached hydrogens (tertiary/aromatic N) is 4. The van der Waals surface area contributed by atoms with Crippen molar-refractivity contribution >= 4 is 34.3 Å². The van der Waals surface area contributed by atoms with Crippen LogP contribution in [-0.2, 0) is 23.2 Å². The minimum absolute atomic E-state index is 0.0331. The van der Waals surface area contributed by atoms with Crippen molar-refractivity contribution in [2.24, 2.45) is 18.7 Å². The van der Waals surface area contributed by atoms with Crippen molar-refractivity contribution in [1.82, 2.24) is 19.6 Å². The van der Waals surface area contributed by atoms with Crippen molar-refractivity contribution in [1.29, 1.82) is 0 Å². The molecular weight excluding hydrogens is 456 g/mol. The van der Waals surface area contributed by atoms with Gasteiger partial charge in [0.05, 0.1) is 29.5 Å². The summed E-state index contributed by atoms with van der Waals surface area (Å²) in [4.78, 5) is 42.0. The molecule has 3 aromatic rings. The van der Waals surface area contributed by atoms with E-state index in [1.807, 2.05) is 42.2 Å². The Balaban J connectivity index is 1.53. The number of benzene rings is 2. The predicted octanol–water partition coefficient (Wildman–Crippen LogP) is 2.52. The molecule has 0 radical (unpaired) electrons. The maximum atomic E-state index is 13.5. The van der Waals surface area contributed by atoms with Crippen molar-refractivity contribution in [3.8, 4) is 11.1 Å². The number of primary amides is 1. The molecule has 0 unspecified atom stereocenters. The molecular formula is C27H30N6O3. The molecule has 0 atom stereocenters. The third kappa shape index (κ3) is 4.26. The van der Waals surface area contributed by atoms with Gasteiger partial charge in [0.25, 0.3) is 5.91 Å². The summed E-state index contributed by atoms with van der Waals surface area (Å²) in [7, 11) is 3.94. The molecule has 2 aromatic carbocycles. The fraction of sp³-hybridized carbons (Fsp3) is 0.333. The van der Waals surface area contributed by atoms with Gasteiger partial charge in [-0.25, -0.2) is 0 Å². The minimum Gasteiger partial charge on any atom is -0.366 e. The lowest BCUT2D eigenvalue weighted by molar-refractivity contribution is -0.121. The lowest BCUT2D eigenvalue weighted by atomic mass is 9.93. The quantitative estimate of drug-likeness (QED) is 0.520. The molecule has 9 heteroatoms. The van der Waals surface area contributed by atoms with Crippen LogP contribution in [0.3, 0.4) is 0 Å². The summed E-state index contributed by atoms with van der Waals surface area (Å²) in [6, 6.07) is 9.80. The number of aromatic nitrogens is 2. The Morgan fingerprint density at radius 3 is 2.64 bits per heavy atom. The number of fused-ring (bicyclic) bond motifs is 2. The molecule has 0 spiro atoms. The molecule has 2 aliphatic rings. The first-order valence-corrected chi connectivity index (χ1v) is 12.1. The van der Waals surface area contributed by atoms with Gasteiger partial charge in [-0.15, -0.1) is 0 Å². The summed E-state index contributed by atoms with van der Waals surface area (Å²) in [5.74, 6) is -1.06. The largest absolute Gasteiger partial charge is 0.366 e. The van der Waals surface area contributed by atoms with Gasteiger partial charge in [0, 0.05) is 30.5 Å². The van der Waals surface area contributed by atoms with E-state index in [-0.39, 0.29) is 36.4 Å². The number of aryl methyl sites for hydroxylation is 1. The second-order valence-electron chi connectivity index (χ2n) is 9.75. The smallest absolute Gasteiger partial charge is 0.256 e. The lowest BCUT2D eigenvalue weighted by Crippen LogP contribution is -2.36. The zero-order chi connectivity index (χ0) is 25.6. The van der Waals surface area contributed by atoms with Crippen LogP contribution in [0.1, 0.15) is 28.8 Å². The van der Waals surface area contributed by atoms with Crippen LogP contribution < -0.4 is 11.1 Å². The summed E-state index contributed by atoms with van der Waals surface area (Å²) in [6.45, 7) is 5.78. The van der Waals surface area contributed by atoms with Crippen molar-refractivity contribution in [3.05, 3.63) is 59.8 Å². The van der Waals surface area contributed by atoms with Gasteiger partial charge in [-0.3, -0.25) is 19.1 Å². The van der Waals surface area contributed by atoms with E-state index >= 15 is 0 Å². The highest BCUT2D eigenvalue weighted by atomic mass is 16.2. The summed E-state index contributed by atoms with van der Waals surface area (Å²) >= 11 is 0. The molecule has 2 aliphatic heterocycles. The number of amides is 3. The second kappa shape index (κ2) is 9.23. The Bertz CT molecular complexity index is 1400. The van der Waals surface area contributed by atoms with Crippen LogP contribution in [0.5, 0.6) is 0 Å². The van der Waals surface area contributed by atoms with E-state index in [0.717, 1.165) is 53.5 Å². The van der Waals surface area contributed by atoms with Crippen LogP contribution in [0.2, 0.25) is 0 Å². The Morgan fingerprint density at radius 1 is 1.17 bits per heavy atom. The van der Waals surface area contributed by atoms with E-state index in [2.05, 4.69) is 28.9 Å². The highest BCUT2D eigenvalue weighted by Crippen LogP contribution is 2.38. The van der Waals surface area contributed by atoms with Gasteiger partial charge in [0.2, 0.25) is 11.8 Å². The Kier molecular flexibility index (Phi) is 6.09. The monoisotopic (exact) mass is 486 g/mol. The summed E-state index contributed by atoms with van der Waals surface area (Å²) < 4.78 is 1.81. The van der Waals surface area contributed by atoms with Gasteiger partial charge >= 0.3 is 0 Å². The topological polar surface area (TPSA) is 114 Å². The molecule has 0 saturated carbocycles. The van der Waals surface area contributed by atoms with Gasteiger partial charge in [-0.05, 0) is 61.8 Å². The van der Waals surface area contributed by atoms with E-state index in [9.17, 15) is 14.4 Å². The first kappa shape index (κ1) is 23.7. The molecule has 0 bridgehead atoms. The number of likely N-dealkylation sites (tertiary alicyclic amines) is 1. The average molecular weight is 487 g/mol. The number of nitrogens with two attached hydrogens (primary N) is 1. The first-order chi connectivity index (χ1) is 17.2. The Labute approximate surface area is 209 Å². The number of carbonyl (C=O) groups is 3. The normalized spacial score (nSPS) is 16.4. The maximum absolute atomic E-state index is 13.5. The molecule has 36 heavy (non-hydrogen) atoms. The van der Waals surface area contributed by atoms with Crippen molar-refractivity contribution in [2.75, 3.05) is 32.0 Å². The van der Waals surface area contributed by atoms with Crippen LogP contribution in [0.4, 0.5) is 5.69 Å². The van der Waals surface area contributed by atoms with Crippen molar-refractivity contribution < 1.29 is 14.4 Å².